The molecule has 0 spiro atoms. The van der Waals surface area contributed by atoms with E-state index < -0.39 is 28.3 Å². The Bertz CT molecular complexity index is 1190. The van der Waals surface area contributed by atoms with Gasteiger partial charge in [-0.3, -0.25) is 4.79 Å². The maximum Gasteiger partial charge on any atom is 0.407 e. The minimum absolute atomic E-state index is 0.0214. The maximum absolute atomic E-state index is 13.6. The van der Waals surface area contributed by atoms with Crippen molar-refractivity contribution in [2.75, 3.05) is 38.7 Å². The van der Waals surface area contributed by atoms with E-state index in [1.54, 1.807) is 0 Å². The van der Waals surface area contributed by atoms with Crippen LogP contribution in [0.5, 0.6) is 0 Å². The van der Waals surface area contributed by atoms with Crippen molar-refractivity contribution in [1.82, 2.24) is 9.62 Å². The number of nitrogens with zero attached hydrogens (tertiary/aromatic N) is 1. The van der Waals surface area contributed by atoms with E-state index >= 15 is 0 Å². The number of aliphatic hydroxyl groups excluding tert-OH is 1. The average Bonchev–Trinajstić information content (AvgIpc) is 2.87. The lowest BCUT2D eigenvalue weighted by atomic mass is 10.0. The third kappa shape index (κ3) is 10.8. The van der Waals surface area contributed by atoms with Gasteiger partial charge in [-0.25, -0.2) is 13.2 Å². The van der Waals surface area contributed by atoms with E-state index in [0.717, 1.165) is 5.56 Å². The highest BCUT2D eigenvalue weighted by molar-refractivity contribution is 7.89. The van der Waals surface area contributed by atoms with Gasteiger partial charge in [0.25, 0.3) is 0 Å². The van der Waals surface area contributed by atoms with Crippen molar-refractivity contribution < 1.29 is 32.6 Å². The summed E-state index contributed by atoms with van der Waals surface area (Å²) in [6, 6.07) is 14.2. The van der Waals surface area contributed by atoms with Crippen molar-refractivity contribution in [2.45, 2.75) is 44.2 Å². The Morgan fingerprint density at radius 1 is 1.03 bits per heavy atom. The zero-order chi connectivity index (χ0) is 29.0. The monoisotopic (exact) mass is 561 g/mol. The van der Waals surface area contributed by atoms with Gasteiger partial charge in [0.1, 0.15) is 6.61 Å². The molecule has 3 N–H and O–H groups in total. The fourth-order valence-corrected chi connectivity index (χ4v) is 5.46. The molecular weight excluding hydrogens is 522 g/mol. The summed E-state index contributed by atoms with van der Waals surface area (Å²) in [5, 5.41) is 16.5. The van der Waals surface area contributed by atoms with E-state index in [2.05, 4.69) is 17.2 Å². The minimum atomic E-state index is -4.01. The number of amides is 2. The molecular formula is C28H39N3O7S. The van der Waals surface area contributed by atoms with E-state index in [1.807, 2.05) is 44.2 Å². The van der Waals surface area contributed by atoms with Gasteiger partial charge in [0.15, 0.2) is 0 Å². The highest BCUT2D eigenvalue weighted by atomic mass is 32.2. The molecule has 39 heavy (non-hydrogen) atoms. The molecule has 0 heterocycles. The van der Waals surface area contributed by atoms with Crippen molar-refractivity contribution in [3.05, 3.63) is 72.3 Å². The van der Waals surface area contributed by atoms with Crippen LogP contribution in [-0.2, 0) is 30.7 Å². The van der Waals surface area contributed by atoms with Gasteiger partial charge in [0, 0.05) is 32.8 Å². The number of sulfonamides is 1. The number of carbonyl (C=O) groups is 2. The first-order chi connectivity index (χ1) is 18.4. The van der Waals surface area contributed by atoms with E-state index in [9.17, 15) is 23.1 Å². The normalized spacial score (nSPS) is 13.1. The summed E-state index contributed by atoms with van der Waals surface area (Å²) in [5.41, 5.74) is 1.87. The molecule has 2 aromatic carbocycles. The van der Waals surface area contributed by atoms with Crippen LogP contribution in [0.25, 0.3) is 0 Å². The summed E-state index contributed by atoms with van der Waals surface area (Å²) in [7, 11) is -2.50. The summed E-state index contributed by atoms with van der Waals surface area (Å²) in [6.45, 7) is 8.93. The highest BCUT2D eigenvalue weighted by Gasteiger charge is 2.31. The molecule has 2 atom stereocenters. The predicted octanol–water partition coefficient (Wildman–Crippen LogP) is 3.19. The van der Waals surface area contributed by atoms with Crippen molar-refractivity contribution in [2.24, 2.45) is 5.92 Å². The number of anilines is 1. The molecule has 0 fully saturated rings. The molecule has 2 rings (SSSR count). The first-order valence-electron chi connectivity index (χ1n) is 12.6. The number of hydrogen-bond acceptors (Lipinski definition) is 7. The summed E-state index contributed by atoms with van der Waals surface area (Å²) in [5.74, 6) is -0.309. The summed E-state index contributed by atoms with van der Waals surface area (Å²) in [6.07, 6.45) is -1.77. The second kappa shape index (κ2) is 15.4. The molecule has 2 aromatic rings. The van der Waals surface area contributed by atoms with Gasteiger partial charge in [-0.05, 0) is 47.7 Å². The van der Waals surface area contributed by atoms with Crippen LogP contribution in [0.3, 0.4) is 0 Å². The van der Waals surface area contributed by atoms with Crippen molar-refractivity contribution >= 4 is 27.7 Å². The van der Waals surface area contributed by atoms with Crippen molar-refractivity contribution in [3.8, 4) is 0 Å². The van der Waals surface area contributed by atoms with Crippen LogP contribution < -0.4 is 10.6 Å². The SMILES string of the molecule is C=C(COC)COC(=O)N[C@@H](Cc1ccccc1)[C@H](O)CN(CC(C)C)S(=O)(=O)c1ccc(NC(C)=O)cc1. The van der Waals surface area contributed by atoms with E-state index in [4.69, 9.17) is 9.47 Å². The number of rotatable bonds is 15. The fraction of sp³-hybridized carbons (Fsp3) is 0.429. The second-order valence-electron chi connectivity index (χ2n) is 9.69. The van der Waals surface area contributed by atoms with Crippen LogP contribution in [0.2, 0.25) is 0 Å². The predicted molar refractivity (Wildman–Crippen MR) is 150 cm³/mol. The Morgan fingerprint density at radius 3 is 2.23 bits per heavy atom. The Labute approximate surface area is 231 Å². The van der Waals surface area contributed by atoms with Gasteiger partial charge in [0.2, 0.25) is 15.9 Å². The molecule has 0 unspecified atom stereocenters. The van der Waals surface area contributed by atoms with Gasteiger partial charge >= 0.3 is 6.09 Å². The number of benzene rings is 2. The minimum Gasteiger partial charge on any atom is -0.445 e. The third-order valence-electron chi connectivity index (χ3n) is 5.59. The summed E-state index contributed by atoms with van der Waals surface area (Å²) in [4.78, 5) is 23.9. The first-order valence-corrected chi connectivity index (χ1v) is 14.0. The van der Waals surface area contributed by atoms with Gasteiger partial charge in [-0.2, -0.15) is 4.31 Å². The molecule has 0 radical (unpaired) electrons. The number of methoxy groups -OCH3 is 1. The standard InChI is InChI=1S/C28H39N3O7S/c1-20(2)16-31(39(35,36)25-13-11-24(12-14-25)29-22(4)32)17-27(33)26(15-23-9-7-6-8-10-23)30-28(34)38-19-21(3)18-37-5/h6-14,20,26-27,33H,3,15-19H2,1-2,4-5H3,(H,29,32)(H,30,34)/t26-,27+/m0/s1. The molecule has 214 valence electrons. The van der Waals surface area contributed by atoms with Crippen LogP contribution in [0.4, 0.5) is 10.5 Å². The number of aliphatic hydroxyl groups is 1. The van der Waals surface area contributed by atoms with Crippen LogP contribution in [0.1, 0.15) is 26.3 Å². The van der Waals surface area contributed by atoms with Crippen molar-refractivity contribution in [3.63, 3.8) is 0 Å². The van der Waals surface area contributed by atoms with Gasteiger partial charge in [-0.15, -0.1) is 0 Å². The van der Waals surface area contributed by atoms with Crippen molar-refractivity contribution in [1.29, 1.82) is 0 Å². The lowest BCUT2D eigenvalue weighted by Gasteiger charge is -2.30. The molecule has 11 heteroatoms. The smallest absolute Gasteiger partial charge is 0.407 e. The largest absolute Gasteiger partial charge is 0.445 e. The number of nitrogens with one attached hydrogen (secondary N) is 2. The molecule has 0 aliphatic rings. The van der Waals surface area contributed by atoms with Gasteiger partial charge < -0.3 is 25.2 Å². The highest BCUT2D eigenvalue weighted by Crippen LogP contribution is 2.21. The Kier molecular flexibility index (Phi) is 12.6. The molecule has 2 amide bonds. The van der Waals surface area contributed by atoms with E-state index in [0.29, 0.717) is 11.3 Å². The maximum atomic E-state index is 13.6. The lowest BCUT2D eigenvalue weighted by Crippen LogP contribution is -2.51. The number of ether oxygens (including phenoxy) is 2. The zero-order valence-electron chi connectivity index (χ0n) is 22.9. The third-order valence-corrected chi connectivity index (χ3v) is 7.44. The Hall–Kier alpha value is -3.25. The molecule has 0 bridgehead atoms. The van der Waals surface area contributed by atoms with Crippen LogP contribution in [0.15, 0.2) is 71.6 Å². The molecule has 0 saturated heterocycles. The molecule has 0 aliphatic heterocycles. The summed E-state index contributed by atoms with van der Waals surface area (Å²) < 4.78 is 38.5. The topological polar surface area (TPSA) is 134 Å². The number of alkyl carbamates (subject to hydrolysis) is 1. The van der Waals surface area contributed by atoms with E-state index in [-0.39, 0.29) is 49.4 Å². The zero-order valence-corrected chi connectivity index (χ0v) is 23.7. The van der Waals surface area contributed by atoms with Gasteiger partial charge in [-0.1, -0.05) is 50.8 Å². The summed E-state index contributed by atoms with van der Waals surface area (Å²) >= 11 is 0. The molecule has 0 aliphatic carbocycles. The first kappa shape index (κ1) is 32.0. The molecule has 0 aromatic heterocycles. The number of carbonyl (C=O) groups excluding carboxylic acids is 2. The van der Waals surface area contributed by atoms with Crippen LogP contribution in [-0.4, -0.2) is 75.4 Å². The van der Waals surface area contributed by atoms with Crippen LogP contribution >= 0.6 is 0 Å². The quantitative estimate of drug-likeness (QED) is 0.284. The average molecular weight is 562 g/mol. The molecule has 10 nitrogen and oxygen atoms in total. The fourth-order valence-electron chi connectivity index (χ4n) is 3.83. The Morgan fingerprint density at radius 2 is 1.67 bits per heavy atom. The van der Waals surface area contributed by atoms with E-state index in [1.165, 1.54) is 42.6 Å². The van der Waals surface area contributed by atoms with Crippen LogP contribution in [0, 0.1) is 5.92 Å². The lowest BCUT2D eigenvalue weighted by molar-refractivity contribution is -0.114. The number of hydrogen-bond donors (Lipinski definition) is 3. The molecule has 0 saturated carbocycles. The Balaban J connectivity index is 2.26. The van der Waals surface area contributed by atoms with Gasteiger partial charge in [0.05, 0.1) is 23.6 Å². The second-order valence-corrected chi connectivity index (χ2v) is 11.6.